The highest BCUT2D eigenvalue weighted by atomic mass is 19.4. The maximum absolute atomic E-state index is 11.6. The van der Waals surface area contributed by atoms with Gasteiger partial charge >= 0.3 is 6.36 Å². The molecule has 0 aromatic heterocycles. The lowest BCUT2D eigenvalue weighted by Crippen LogP contribution is -2.18. The van der Waals surface area contributed by atoms with Crippen molar-refractivity contribution in [2.24, 2.45) is 0 Å². The van der Waals surface area contributed by atoms with E-state index in [1.54, 1.807) is 12.1 Å². The maximum Gasteiger partial charge on any atom is 0.522 e. The topological polar surface area (TPSA) is 18.5 Å². The van der Waals surface area contributed by atoms with Crippen molar-refractivity contribution < 1.29 is 22.6 Å². The Kier molecular flexibility index (Phi) is 4.18. The Morgan fingerprint density at radius 1 is 1.00 bits per heavy atom. The lowest BCUT2D eigenvalue weighted by Gasteiger charge is -2.10. The van der Waals surface area contributed by atoms with E-state index in [4.69, 9.17) is 4.74 Å². The molecule has 0 aliphatic rings. The van der Waals surface area contributed by atoms with Crippen LogP contribution in [0.2, 0.25) is 0 Å². The first-order valence-corrected chi connectivity index (χ1v) is 4.78. The summed E-state index contributed by atoms with van der Waals surface area (Å²) in [6, 6.07) is 5.49. The van der Waals surface area contributed by atoms with Crippen molar-refractivity contribution in [2.75, 3.05) is 13.2 Å². The summed E-state index contributed by atoms with van der Waals surface area (Å²) in [4.78, 5) is 0. The highest BCUT2D eigenvalue weighted by Gasteiger charge is 2.28. The van der Waals surface area contributed by atoms with E-state index in [1.165, 1.54) is 0 Å². The normalized spacial score (nSPS) is 11.6. The van der Waals surface area contributed by atoms with Crippen molar-refractivity contribution in [1.82, 2.24) is 0 Å². The van der Waals surface area contributed by atoms with Gasteiger partial charge in [0, 0.05) is 0 Å². The van der Waals surface area contributed by atoms with Gasteiger partial charge in [-0.2, -0.15) is 0 Å². The third-order valence-electron chi connectivity index (χ3n) is 1.81. The monoisotopic (exact) mass is 234 g/mol. The minimum Gasteiger partial charge on any atom is -0.491 e. The fraction of sp³-hybridized carbons (Fsp3) is 0.455. The molecule has 0 bridgehead atoms. The predicted molar refractivity (Wildman–Crippen MR) is 53.4 cm³/mol. The smallest absolute Gasteiger partial charge is 0.491 e. The molecule has 0 N–H and O–H groups in total. The Bertz CT molecular complexity index is 327. The SMILES string of the molecule is Cc1cc(C)cc(OCCOC(F)(F)F)c1. The number of aryl methyl sites for hydroxylation is 2. The molecule has 0 aliphatic carbocycles. The Hall–Kier alpha value is -1.23. The summed E-state index contributed by atoms with van der Waals surface area (Å²) >= 11 is 0. The van der Waals surface area contributed by atoms with Crippen LogP contribution in [0.15, 0.2) is 18.2 Å². The fourth-order valence-electron chi connectivity index (χ4n) is 1.33. The van der Waals surface area contributed by atoms with Gasteiger partial charge in [-0.25, -0.2) is 0 Å². The second-order valence-electron chi connectivity index (χ2n) is 3.47. The molecule has 0 unspecified atom stereocenters. The van der Waals surface area contributed by atoms with Gasteiger partial charge in [0.25, 0.3) is 0 Å². The number of ether oxygens (including phenoxy) is 2. The minimum atomic E-state index is -4.59. The fourth-order valence-corrected chi connectivity index (χ4v) is 1.33. The lowest BCUT2D eigenvalue weighted by molar-refractivity contribution is -0.325. The Morgan fingerprint density at radius 2 is 1.56 bits per heavy atom. The summed E-state index contributed by atoms with van der Waals surface area (Å²) in [5, 5.41) is 0. The van der Waals surface area contributed by atoms with Crippen LogP contribution in [0, 0.1) is 13.8 Å². The van der Waals surface area contributed by atoms with Gasteiger partial charge in [0.1, 0.15) is 12.4 Å². The molecular formula is C11H13F3O2. The van der Waals surface area contributed by atoms with E-state index in [-0.39, 0.29) is 6.61 Å². The largest absolute Gasteiger partial charge is 0.522 e. The first-order chi connectivity index (χ1) is 7.37. The molecule has 16 heavy (non-hydrogen) atoms. The lowest BCUT2D eigenvalue weighted by atomic mass is 10.1. The second-order valence-corrected chi connectivity index (χ2v) is 3.47. The summed E-state index contributed by atoms with van der Waals surface area (Å²) in [6.45, 7) is 3.16. The van der Waals surface area contributed by atoms with E-state index >= 15 is 0 Å². The van der Waals surface area contributed by atoms with Crippen molar-refractivity contribution >= 4 is 0 Å². The van der Waals surface area contributed by atoms with Gasteiger partial charge in [0.2, 0.25) is 0 Å². The molecule has 1 aromatic carbocycles. The van der Waals surface area contributed by atoms with E-state index in [0.717, 1.165) is 11.1 Å². The number of alkyl halides is 3. The Balaban J connectivity index is 2.37. The van der Waals surface area contributed by atoms with Crippen LogP contribution in [0.3, 0.4) is 0 Å². The highest BCUT2D eigenvalue weighted by Crippen LogP contribution is 2.18. The van der Waals surface area contributed by atoms with Crippen LogP contribution in [0.5, 0.6) is 5.75 Å². The van der Waals surface area contributed by atoms with Crippen LogP contribution in [-0.2, 0) is 4.74 Å². The average Bonchev–Trinajstić information content (AvgIpc) is 2.09. The van der Waals surface area contributed by atoms with Crippen LogP contribution in [0.1, 0.15) is 11.1 Å². The molecular weight excluding hydrogens is 221 g/mol. The van der Waals surface area contributed by atoms with Crippen molar-refractivity contribution in [2.45, 2.75) is 20.2 Å². The van der Waals surface area contributed by atoms with Crippen LogP contribution >= 0.6 is 0 Å². The highest BCUT2D eigenvalue weighted by molar-refractivity contribution is 5.32. The Morgan fingerprint density at radius 3 is 2.06 bits per heavy atom. The molecule has 0 saturated heterocycles. The molecule has 1 rings (SSSR count). The van der Waals surface area contributed by atoms with Crippen molar-refractivity contribution in [3.63, 3.8) is 0 Å². The van der Waals surface area contributed by atoms with E-state index in [1.807, 2.05) is 19.9 Å². The molecule has 0 radical (unpaired) electrons. The standard InChI is InChI=1S/C11H13F3O2/c1-8-5-9(2)7-10(6-8)15-3-4-16-11(12,13)14/h5-7H,3-4H2,1-2H3. The van der Waals surface area contributed by atoms with E-state index in [0.29, 0.717) is 5.75 Å². The van der Waals surface area contributed by atoms with Crippen LogP contribution in [0.4, 0.5) is 13.2 Å². The van der Waals surface area contributed by atoms with Gasteiger partial charge < -0.3 is 4.74 Å². The first-order valence-electron chi connectivity index (χ1n) is 4.78. The molecule has 90 valence electrons. The quantitative estimate of drug-likeness (QED) is 0.745. The average molecular weight is 234 g/mol. The third-order valence-corrected chi connectivity index (χ3v) is 1.81. The predicted octanol–water partition coefficient (Wildman–Crippen LogP) is 3.22. The van der Waals surface area contributed by atoms with Crippen molar-refractivity contribution in [3.05, 3.63) is 29.3 Å². The third kappa shape index (κ3) is 5.02. The van der Waals surface area contributed by atoms with Crippen LogP contribution in [0.25, 0.3) is 0 Å². The van der Waals surface area contributed by atoms with Crippen LogP contribution < -0.4 is 4.74 Å². The zero-order valence-corrected chi connectivity index (χ0v) is 9.10. The molecule has 5 heteroatoms. The molecule has 0 atom stereocenters. The summed E-state index contributed by atoms with van der Waals surface area (Å²) < 4.78 is 43.6. The van der Waals surface area contributed by atoms with Crippen molar-refractivity contribution in [1.29, 1.82) is 0 Å². The number of benzene rings is 1. The van der Waals surface area contributed by atoms with Gasteiger partial charge in [-0.3, -0.25) is 4.74 Å². The van der Waals surface area contributed by atoms with E-state index in [2.05, 4.69) is 4.74 Å². The molecule has 0 aliphatic heterocycles. The van der Waals surface area contributed by atoms with Gasteiger partial charge in [0.05, 0.1) is 6.61 Å². The number of rotatable bonds is 4. The molecule has 0 amide bonds. The molecule has 0 heterocycles. The van der Waals surface area contributed by atoms with Gasteiger partial charge in [-0.05, 0) is 37.1 Å². The molecule has 2 nitrogen and oxygen atoms in total. The number of hydrogen-bond donors (Lipinski definition) is 0. The summed E-state index contributed by atoms with van der Waals surface area (Å²) in [6.07, 6.45) is -4.59. The van der Waals surface area contributed by atoms with Gasteiger partial charge in [-0.1, -0.05) is 6.07 Å². The summed E-state index contributed by atoms with van der Waals surface area (Å²) in [5.74, 6) is 0.559. The maximum atomic E-state index is 11.6. The van der Waals surface area contributed by atoms with Crippen molar-refractivity contribution in [3.8, 4) is 5.75 Å². The zero-order valence-electron chi connectivity index (χ0n) is 9.10. The zero-order chi connectivity index (χ0) is 12.2. The number of halogens is 3. The number of hydrogen-bond acceptors (Lipinski definition) is 2. The van der Waals surface area contributed by atoms with Gasteiger partial charge in [0.15, 0.2) is 0 Å². The van der Waals surface area contributed by atoms with Crippen LogP contribution in [-0.4, -0.2) is 19.6 Å². The summed E-state index contributed by atoms with van der Waals surface area (Å²) in [7, 11) is 0. The minimum absolute atomic E-state index is 0.123. The van der Waals surface area contributed by atoms with E-state index in [9.17, 15) is 13.2 Å². The van der Waals surface area contributed by atoms with E-state index < -0.39 is 13.0 Å². The molecule has 0 fully saturated rings. The molecule has 0 saturated carbocycles. The molecule has 0 spiro atoms. The Labute approximate surface area is 92.0 Å². The summed E-state index contributed by atoms with van der Waals surface area (Å²) in [5.41, 5.74) is 2.01. The first kappa shape index (κ1) is 12.8. The second kappa shape index (κ2) is 5.21. The van der Waals surface area contributed by atoms with Gasteiger partial charge in [-0.15, -0.1) is 13.2 Å². The molecule has 1 aromatic rings.